The van der Waals surface area contributed by atoms with Gasteiger partial charge in [0.2, 0.25) is 5.91 Å². The van der Waals surface area contributed by atoms with Gasteiger partial charge in [-0.05, 0) is 37.7 Å². The third kappa shape index (κ3) is 4.81. The van der Waals surface area contributed by atoms with Crippen molar-refractivity contribution < 1.29 is 9.59 Å². The lowest BCUT2D eigenvalue weighted by atomic mass is 9.99. The van der Waals surface area contributed by atoms with Gasteiger partial charge in [-0.1, -0.05) is 6.92 Å². The van der Waals surface area contributed by atoms with Gasteiger partial charge in [-0.2, -0.15) is 5.10 Å². The number of piperidine rings is 2. The molecular weight excluding hydrogens is 318 g/mol. The van der Waals surface area contributed by atoms with Crippen molar-refractivity contribution in [3.8, 4) is 0 Å². The Balaban J connectivity index is 1.39. The molecular formula is C18H29N5O2. The van der Waals surface area contributed by atoms with E-state index >= 15 is 0 Å². The van der Waals surface area contributed by atoms with E-state index in [1.54, 1.807) is 24.0 Å². The van der Waals surface area contributed by atoms with E-state index in [2.05, 4.69) is 22.2 Å². The van der Waals surface area contributed by atoms with E-state index in [0.29, 0.717) is 12.2 Å². The molecule has 0 unspecified atom stereocenters. The fraction of sp³-hybridized carbons (Fsp3) is 0.722. The summed E-state index contributed by atoms with van der Waals surface area (Å²) in [4.78, 5) is 28.8. The summed E-state index contributed by atoms with van der Waals surface area (Å²) in [7, 11) is 1.80. The third-order valence-electron chi connectivity index (χ3n) is 5.36. The molecule has 0 aliphatic carbocycles. The molecule has 7 heteroatoms. The summed E-state index contributed by atoms with van der Waals surface area (Å²) in [5.41, 5.74) is 0.458. The number of nitrogens with one attached hydrogen (secondary N) is 1. The fourth-order valence-electron chi connectivity index (χ4n) is 3.58. The van der Waals surface area contributed by atoms with E-state index in [1.165, 1.54) is 0 Å². The quantitative estimate of drug-likeness (QED) is 0.877. The van der Waals surface area contributed by atoms with Crippen LogP contribution in [0.1, 0.15) is 43.1 Å². The Morgan fingerprint density at radius 2 is 1.84 bits per heavy atom. The average Bonchev–Trinajstić information content (AvgIpc) is 3.04. The van der Waals surface area contributed by atoms with Crippen LogP contribution in [-0.2, 0) is 11.8 Å². The monoisotopic (exact) mass is 347 g/mol. The van der Waals surface area contributed by atoms with E-state index < -0.39 is 0 Å². The van der Waals surface area contributed by atoms with Gasteiger partial charge in [-0.25, -0.2) is 0 Å². The van der Waals surface area contributed by atoms with Crippen molar-refractivity contribution in [3.63, 3.8) is 0 Å². The maximum atomic E-state index is 12.4. The molecule has 3 heterocycles. The summed E-state index contributed by atoms with van der Waals surface area (Å²) < 4.78 is 1.63. The minimum Gasteiger partial charge on any atom is -0.348 e. The second-order valence-corrected chi connectivity index (χ2v) is 7.46. The Morgan fingerprint density at radius 3 is 2.44 bits per heavy atom. The molecule has 2 aliphatic heterocycles. The van der Waals surface area contributed by atoms with E-state index in [4.69, 9.17) is 0 Å². The molecule has 1 aromatic heterocycles. The van der Waals surface area contributed by atoms with Crippen molar-refractivity contribution in [3.05, 3.63) is 18.0 Å². The number of hydrogen-bond donors (Lipinski definition) is 1. The number of aromatic nitrogens is 2. The first-order chi connectivity index (χ1) is 12.0. The van der Waals surface area contributed by atoms with Crippen molar-refractivity contribution in [1.29, 1.82) is 0 Å². The molecule has 25 heavy (non-hydrogen) atoms. The molecule has 0 spiro atoms. The molecule has 0 radical (unpaired) electrons. The second kappa shape index (κ2) is 7.99. The molecule has 2 fully saturated rings. The molecule has 1 aromatic rings. The van der Waals surface area contributed by atoms with Crippen LogP contribution in [-0.4, -0.2) is 70.2 Å². The fourth-order valence-corrected chi connectivity index (χ4v) is 3.58. The number of hydrogen-bond acceptors (Lipinski definition) is 4. The number of likely N-dealkylation sites (tertiary alicyclic amines) is 2. The van der Waals surface area contributed by atoms with Crippen molar-refractivity contribution >= 4 is 11.8 Å². The van der Waals surface area contributed by atoms with Gasteiger partial charge in [-0.15, -0.1) is 0 Å². The zero-order chi connectivity index (χ0) is 17.8. The number of carbonyl (C=O) groups is 2. The number of carbonyl (C=O) groups excluding carboxylic acids is 2. The standard InChI is InChI=1S/C18H29N5O2/c1-14-3-11-23(12-4-14)17(24)13-22-9-5-15(6-10-22)19-18(25)16-7-8-21(2)20-16/h7-8,14-15H,3-6,9-13H2,1-2H3,(H,19,25). The molecule has 0 bridgehead atoms. The highest BCUT2D eigenvalue weighted by molar-refractivity contribution is 5.92. The van der Waals surface area contributed by atoms with Crippen molar-refractivity contribution in [2.75, 3.05) is 32.7 Å². The third-order valence-corrected chi connectivity index (χ3v) is 5.36. The smallest absolute Gasteiger partial charge is 0.271 e. The van der Waals surface area contributed by atoms with Gasteiger partial charge in [-0.3, -0.25) is 19.2 Å². The predicted molar refractivity (Wildman–Crippen MR) is 95.1 cm³/mol. The summed E-state index contributed by atoms with van der Waals surface area (Å²) in [6, 6.07) is 1.89. The zero-order valence-corrected chi connectivity index (χ0v) is 15.3. The molecule has 2 amide bonds. The minimum atomic E-state index is -0.113. The molecule has 7 nitrogen and oxygen atoms in total. The summed E-state index contributed by atoms with van der Waals surface area (Å²) >= 11 is 0. The SMILES string of the molecule is CC1CCN(C(=O)CN2CCC(NC(=O)c3ccn(C)n3)CC2)CC1. The Hall–Kier alpha value is -1.89. The predicted octanol–water partition coefficient (Wildman–Crippen LogP) is 0.873. The average molecular weight is 347 g/mol. The van der Waals surface area contributed by atoms with Crippen LogP contribution in [0.25, 0.3) is 0 Å². The number of aryl methyl sites for hydroxylation is 1. The normalized spacial score (nSPS) is 20.6. The van der Waals surface area contributed by atoms with Gasteiger partial charge < -0.3 is 10.2 Å². The molecule has 138 valence electrons. The van der Waals surface area contributed by atoms with Gasteiger partial charge in [0, 0.05) is 45.5 Å². The lowest BCUT2D eigenvalue weighted by Gasteiger charge is -2.35. The first-order valence-electron chi connectivity index (χ1n) is 9.32. The summed E-state index contributed by atoms with van der Waals surface area (Å²) in [5, 5.41) is 7.19. The zero-order valence-electron chi connectivity index (χ0n) is 15.3. The van der Waals surface area contributed by atoms with E-state index in [-0.39, 0.29) is 17.9 Å². The van der Waals surface area contributed by atoms with Crippen LogP contribution in [0.5, 0.6) is 0 Å². The van der Waals surface area contributed by atoms with Gasteiger partial charge >= 0.3 is 0 Å². The van der Waals surface area contributed by atoms with Crippen molar-refractivity contribution in [1.82, 2.24) is 24.9 Å². The Bertz CT molecular complexity index is 598. The Morgan fingerprint density at radius 1 is 1.16 bits per heavy atom. The number of rotatable bonds is 4. The summed E-state index contributed by atoms with van der Waals surface area (Å²) in [6.45, 7) is 6.26. The van der Waals surface area contributed by atoms with Gasteiger partial charge in [0.1, 0.15) is 5.69 Å². The molecule has 2 saturated heterocycles. The Kier molecular flexibility index (Phi) is 5.73. The molecule has 0 saturated carbocycles. The largest absolute Gasteiger partial charge is 0.348 e. The van der Waals surface area contributed by atoms with Crippen LogP contribution in [0, 0.1) is 5.92 Å². The van der Waals surface area contributed by atoms with Crippen molar-refractivity contribution in [2.45, 2.75) is 38.6 Å². The topological polar surface area (TPSA) is 70.5 Å². The van der Waals surface area contributed by atoms with E-state index in [9.17, 15) is 9.59 Å². The first-order valence-corrected chi connectivity index (χ1v) is 9.32. The number of amides is 2. The summed E-state index contributed by atoms with van der Waals surface area (Å²) in [5.74, 6) is 0.878. The maximum Gasteiger partial charge on any atom is 0.271 e. The lowest BCUT2D eigenvalue weighted by molar-refractivity contribution is -0.134. The van der Waals surface area contributed by atoms with Crippen molar-refractivity contribution in [2.24, 2.45) is 13.0 Å². The van der Waals surface area contributed by atoms with Gasteiger partial charge in [0.05, 0.1) is 6.54 Å². The molecule has 0 aromatic carbocycles. The van der Waals surface area contributed by atoms with Crippen LogP contribution in [0.4, 0.5) is 0 Å². The molecule has 1 N–H and O–H groups in total. The maximum absolute atomic E-state index is 12.4. The molecule has 3 rings (SSSR count). The molecule has 2 aliphatic rings. The Labute approximate surface area is 149 Å². The first kappa shape index (κ1) is 17.9. The second-order valence-electron chi connectivity index (χ2n) is 7.46. The molecule has 0 atom stereocenters. The van der Waals surface area contributed by atoms with Crippen LogP contribution in [0.15, 0.2) is 12.3 Å². The summed E-state index contributed by atoms with van der Waals surface area (Å²) in [6.07, 6.45) is 5.76. The highest BCUT2D eigenvalue weighted by Crippen LogP contribution is 2.17. The highest BCUT2D eigenvalue weighted by atomic mass is 16.2. The van der Waals surface area contributed by atoms with E-state index in [0.717, 1.165) is 57.8 Å². The lowest BCUT2D eigenvalue weighted by Crippen LogP contribution is -2.49. The minimum absolute atomic E-state index is 0.113. The van der Waals surface area contributed by atoms with E-state index in [1.807, 2.05) is 4.90 Å². The van der Waals surface area contributed by atoms with Crippen LogP contribution >= 0.6 is 0 Å². The number of nitrogens with zero attached hydrogens (tertiary/aromatic N) is 4. The van der Waals surface area contributed by atoms with Crippen LogP contribution in [0.2, 0.25) is 0 Å². The van der Waals surface area contributed by atoms with Gasteiger partial charge in [0.15, 0.2) is 0 Å². The highest BCUT2D eigenvalue weighted by Gasteiger charge is 2.26. The van der Waals surface area contributed by atoms with Crippen LogP contribution < -0.4 is 5.32 Å². The van der Waals surface area contributed by atoms with Gasteiger partial charge in [0.25, 0.3) is 5.91 Å². The van der Waals surface area contributed by atoms with Crippen LogP contribution in [0.3, 0.4) is 0 Å².